The lowest BCUT2D eigenvalue weighted by Gasteiger charge is -2.20. The molecule has 3 aromatic rings. The third-order valence-electron chi connectivity index (χ3n) is 3.72. The highest BCUT2D eigenvalue weighted by molar-refractivity contribution is 5.58. The van der Waals surface area contributed by atoms with E-state index in [9.17, 15) is 22.0 Å². The first kappa shape index (κ1) is 20.1. The SMILES string of the molecule is [C-]#[N+]Cc1nc(-c2ccc(N)cc2)nn1-c1ccc(OC(F)(F)C(F)(F)F)cc1. The Balaban J connectivity index is 1.92. The Morgan fingerprint density at radius 3 is 2.17 bits per heavy atom. The van der Waals surface area contributed by atoms with Gasteiger partial charge in [-0.2, -0.15) is 22.0 Å². The summed E-state index contributed by atoms with van der Waals surface area (Å²) in [6.45, 7) is 6.93. The lowest BCUT2D eigenvalue weighted by atomic mass is 10.2. The zero-order valence-electron chi connectivity index (χ0n) is 14.5. The first-order valence-corrected chi connectivity index (χ1v) is 8.00. The molecule has 0 aliphatic carbocycles. The van der Waals surface area contributed by atoms with Gasteiger partial charge in [0.2, 0.25) is 5.82 Å². The molecular weight excluding hydrogens is 397 g/mol. The summed E-state index contributed by atoms with van der Waals surface area (Å²) in [4.78, 5) is 7.55. The van der Waals surface area contributed by atoms with E-state index >= 15 is 0 Å². The number of anilines is 1. The highest BCUT2D eigenvalue weighted by Gasteiger charge is 2.61. The number of aromatic nitrogens is 3. The maximum Gasteiger partial charge on any atom is 0.499 e. The van der Waals surface area contributed by atoms with Crippen LogP contribution in [0.1, 0.15) is 5.82 Å². The van der Waals surface area contributed by atoms with Crippen LogP contribution < -0.4 is 10.5 Å². The van der Waals surface area contributed by atoms with Crippen molar-refractivity contribution in [3.05, 3.63) is 65.8 Å². The molecule has 0 radical (unpaired) electrons. The van der Waals surface area contributed by atoms with Gasteiger partial charge in [-0.1, -0.05) is 0 Å². The minimum absolute atomic E-state index is 0.119. The number of hydrogen-bond donors (Lipinski definition) is 1. The van der Waals surface area contributed by atoms with Crippen LogP contribution in [0, 0.1) is 6.57 Å². The van der Waals surface area contributed by atoms with Crippen LogP contribution in [-0.2, 0) is 6.54 Å². The Morgan fingerprint density at radius 2 is 1.62 bits per heavy atom. The van der Waals surface area contributed by atoms with Crippen molar-refractivity contribution >= 4 is 5.69 Å². The molecule has 0 saturated heterocycles. The highest BCUT2D eigenvalue weighted by atomic mass is 19.4. The molecule has 0 atom stereocenters. The maximum atomic E-state index is 13.0. The predicted molar refractivity (Wildman–Crippen MR) is 93.1 cm³/mol. The van der Waals surface area contributed by atoms with E-state index in [1.165, 1.54) is 16.8 Å². The number of alkyl halides is 5. The summed E-state index contributed by atoms with van der Waals surface area (Å²) in [5.74, 6) is -0.115. The smallest absolute Gasteiger partial charge is 0.426 e. The monoisotopic (exact) mass is 409 g/mol. The normalized spacial score (nSPS) is 11.9. The number of rotatable bonds is 5. The van der Waals surface area contributed by atoms with Crippen LogP contribution in [0.4, 0.5) is 27.6 Å². The van der Waals surface area contributed by atoms with Gasteiger partial charge in [-0.15, -0.1) is 5.10 Å². The van der Waals surface area contributed by atoms with Crippen LogP contribution in [-0.4, -0.2) is 27.0 Å². The Morgan fingerprint density at radius 1 is 1.00 bits per heavy atom. The number of nitrogens with zero attached hydrogens (tertiary/aromatic N) is 4. The average Bonchev–Trinajstić information content (AvgIpc) is 3.06. The third kappa shape index (κ3) is 4.26. The lowest BCUT2D eigenvalue weighted by molar-refractivity contribution is -0.360. The maximum absolute atomic E-state index is 13.0. The summed E-state index contributed by atoms with van der Waals surface area (Å²) in [6.07, 6.45) is -11.2. The van der Waals surface area contributed by atoms with Crippen LogP contribution in [0.25, 0.3) is 21.9 Å². The van der Waals surface area contributed by atoms with Crippen molar-refractivity contribution in [1.29, 1.82) is 0 Å². The van der Waals surface area contributed by atoms with Gasteiger partial charge in [-0.25, -0.2) is 16.2 Å². The molecule has 0 bridgehead atoms. The molecule has 6 nitrogen and oxygen atoms in total. The van der Waals surface area contributed by atoms with Crippen LogP contribution in [0.3, 0.4) is 0 Å². The topological polar surface area (TPSA) is 70.3 Å². The molecule has 1 aromatic heterocycles. The van der Waals surface area contributed by atoms with Crippen molar-refractivity contribution in [3.8, 4) is 22.8 Å². The van der Waals surface area contributed by atoms with Crippen LogP contribution in [0.2, 0.25) is 0 Å². The van der Waals surface area contributed by atoms with Gasteiger partial charge >= 0.3 is 12.3 Å². The second-order valence-corrected chi connectivity index (χ2v) is 5.81. The number of nitrogens with two attached hydrogens (primary N) is 1. The average molecular weight is 409 g/mol. The van der Waals surface area contributed by atoms with E-state index in [-0.39, 0.29) is 12.4 Å². The molecular formula is C18H12F5N5O. The zero-order chi connectivity index (χ0) is 21.2. The van der Waals surface area contributed by atoms with Gasteiger partial charge in [0.05, 0.1) is 5.69 Å². The Bertz CT molecular complexity index is 1040. The molecule has 1 heterocycles. The van der Waals surface area contributed by atoms with Crippen LogP contribution in [0.15, 0.2) is 48.5 Å². The van der Waals surface area contributed by atoms with E-state index in [0.717, 1.165) is 12.1 Å². The Hall–Kier alpha value is -3.68. The zero-order valence-corrected chi connectivity index (χ0v) is 14.5. The van der Waals surface area contributed by atoms with E-state index in [1.807, 2.05) is 0 Å². The van der Waals surface area contributed by atoms with E-state index in [0.29, 0.717) is 22.8 Å². The number of benzene rings is 2. The van der Waals surface area contributed by atoms with Gasteiger partial charge in [-0.05, 0) is 48.5 Å². The second-order valence-electron chi connectivity index (χ2n) is 5.81. The van der Waals surface area contributed by atoms with Gasteiger partial charge in [0.1, 0.15) is 5.75 Å². The van der Waals surface area contributed by atoms with Crippen LogP contribution >= 0.6 is 0 Å². The van der Waals surface area contributed by atoms with Crippen molar-refractivity contribution < 1.29 is 26.7 Å². The molecule has 29 heavy (non-hydrogen) atoms. The number of hydrogen-bond acceptors (Lipinski definition) is 4. The number of ether oxygens (including phenoxy) is 1. The first-order chi connectivity index (χ1) is 13.6. The summed E-state index contributed by atoms with van der Waals surface area (Å²) < 4.78 is 67.8. The number of nitrogen functional groups attached to an aromatic ring is 1. The summed E-state index contributed by atoms with van der Waals surface area (Å²) in [5, 5.41) is 4.29. The summed E-state index contributed by atoms with van der Waals surface area (Å²) >= 11 is 0. The summed E-state index contributed by atoms with van der Waals surface area (Å²) in [6, 6.07) is 11.0. The van der Waals surface area contributed by atoms with E-state index in [1.54, 1.807) is 24.3 Å². The molecule has 3 rings (SSSR count). The molecule has 0 fully saturated rings. The minimum Gasteiger partial charge on any atom is -0.426 e. The van der Waals surface area contributed by atoms with Crippen molar-refractivity contribution in [3.63, 3.8) is 0 Å². The standard InChI is InChI=1S/C18H12F5N5O/c1-25-10-15-26-16(11-2-4-12(24)5-3-11)27-28(15)13-6-8-14(9-7-13)29-18(22,23)17(19,20)21/h2-9H,10,24H2. The Labute approximate surface area is 161 Å². The fraction of sp³-hybridized carbons (Fsp3) is 0.167. The quantitative estimate of drug-likeness (QED) is 0.384. The molecule has 2 aromatic carbocycles. The minimum atomic E-state index is -5.84. The van der Waals surface area contributed by atoms with Crippen molar-refractivity contribution in [1.82, 2.24) is 14.8 Å². The van der Waals surface area contributed by atoms with E-state index in [2.05, 4.69) is 19.7 Å². The lowest BCUT2D eigenvalue weighted by Crippen LogP contribution is -2.41. The molecule has 11 heteroatoms. The fourth-order valence-corrected chi connectivity index (χ4v) is 2.34. The summed E-state index contributed by atoms with van der Waals surface area (Å²) in [5.41, 5.74) is 7.12. The molecule has 0 unspecified atom stereocenters. The van der Waals surface area contributed by atoms with Gasteiger partial charge in [-0.3, -0.25) is 0 Å². The molecule has 0 saturated carbocycles. The van der Waals surface area contributed by atoms with Crippen molar-refractivity contribution in [2.45, 2.75) is 18.8 Å². The second kappa shape index (κ2) is 7.38. The predicted octanol–water partition coefficient (Wildman–Crippen LogP) is 4.47. The van der Waals surface area contributed by atoms with Gasteiger partial charge < -0.3 is 15.3 Å². The van der Waals surface area contributed by atoms with Crippen molar-refractivity contribution in [2.24, 2.45) is 0 Å². The molecule has 0 spiro atoms. The first-order valence-electron chi connectivity index (χ1n) is 8.00. The third-order valence-corrected chi connectivity index (χ3v) is 3.72. The van der Waals surface area contributed by atoms with E-state index < -0.39 is 18.0 Å². The molecule has 2 N–H and O–H groups in total. The molecule has 0 aliphatic heterocycles. The van der Waals surface area contributed by atoms with Gasteiger partial charge in [0.15, 0.2) is 5.82 Å². The highest BCUT2D eigenvalue weighted by Crippen LogP contribution is 2.37. The molecule has 0 amide bonds. The van der Waals surface area contributed by atoms with E-state index in [4.69, 9.17) is 12.3 Å². The summed E-state index contributed by atoms with van der Waals surface area (Å²) in [7, 11) is 0. The van der Waals surface area contributed by atoms with Gasteiger partial charge in [0.25, 0.3) is 6.54 Å². The molecule has 0 aliphatic rings. The van der Waals surface area contributed by atoms with Gasteiger partial charge in [0, 0.05) is 11.3 Å². The van der Waals surface area contributed by atoms with Crippen molar-refractivity contribution in [2.75, 3.05) is 5.73 Å². The Kier molecular flexibility index (Phi) is 5.11. The van der Waals surface area contributed by atoms with Crippen LogP contribution in [0.5, 0.6) is 5.75 Å². The number of halogens is 5. The largest absolute Gasteiger partial charge is 0.499 e. The fourth-order valence-electron chi connectivity index (χ4n) is 2.34. The molecule has 150 valence electrons.